The number of carbonyl (C=O) groups is 1. The predicted octanol–water partition coefficient (Wildman–Crippen LogP) is 14.6. The van der Waals surface area contributed by atoms with E-state index in [9.17, 15) is 4.79 Å². The topological polar surface area (TPSA) is 35.5 Å². The van der Waals surface area contributed by atoms with E-state index in [1.54, 1.807) is 5.57 Å². The maximum Gasteiger partial charge on any atom is 0.508 e. The van der Waals surface area contributed by atoms with Gasteiger partial charge < -0.3 is 9.47 Å². The van der Waals surface area contributed by atoms with Crippen molar-refractivity contribution >= 4 is 6.16 Å². The number of hydrogen-bond acceptors (Lipinski definition) is 3. The van der Waals surface area contributed by atoms with Gasteiger partial charge >= 0.3 is 6.16 Å². The lowest BCUT2D eigenvalue weighted by Gasteiger charge is -2.58. The number of allylic oxidation sites excluding steroid dienone is 3. The number of fused-ring (bicyclic) bond motifs is 5. The van der Waals surface area contributed by atoms with Crippen LogP contribution in [0.4, 0.5) is 4.79 Å². The van der Waals surface area contributed by atoms with Crippen molar-refractivity contribution in [3.8, 4) is 0 Å². The number of rotatable bonds is 22. The van der Waals surface area contributed by atoms with Crippen LogP contribution in [-0.2, 0) is 9.47 Å². The first-order chi connectivity index (χ1) is 23.7. The summed E-state index contributed by atoms with van der Waals surface area (Å²) >= 11 is 0. The maximum atomic E-state index is 12.6. The van der Waals surface area contributed by atoms with Crippen molar-refractivity contribution in [1.29, 1.82) is 0 Å². The monoisotopic (exact) mass is 681 g/mol. The first kappa shape index (κ1) is 40.5. The lowest BCUT2D eigenvalue weighted by atomic mass is 9.47. The third-order valence-electron chi connectivity index (χ3n) is 14.4. The summed E-state index contributed by atoms with van der Waals surface area (Å²) in [5.74, 6) is 5.15. The van der Waals surface area contributed by atoms with E-state index in [0.29, 0.717) is 17.4 Å². The second kappa shape index (κ2) is 20.7. The smallest absolute Gasteiger partial charge is 0.434 e. The Morgan fingerprint density at radius 2 is 1.47 bits per heavy atom. The van der Waals surface area contributed by atoms with Crippen molar-refractivity contribution in [2.75, 3.05) is 6.61 Å². The van der Waals surface area contributed by atoms with E-state index < -0.39 is 6.16 Å². The Bertz CT molecular complexity index is 1010. The van der Waals surface area contributed by atoms with Crippen LogP contribution in [-0.4, -0.2) is 18.9 Å². The highest BCUT2D eigenvalue weighted by atomic mass is 16.7. The average Bonchev–Trinajstić information content (AvgIpc) is 3.43. The van der Waals surface area contributed by atoms with Crippen molar-refractivity contribution in [2.24, 2.45) is 46.3 Å². The molecule has 3 saturated carbocycles. The average molecular weight is 681 g/mol. The van der Waals surface area contributed by atoms with Crippen LogP contribution in [0.3, 0.4) is 0 Å². The van der Waals surface area contributed by atoms with Crippen LogP contribution in [0.25, 0.3) is 0 Å². The zero-order chi connectivity index (χ0) is 35.1. The van der Waals surface area contributed by atoms with Gasteiger partial charge in [0.1, 0.15) is 6.10 Å². The van der Waals surface area contributed by atoms with Gasteiger partial charge in [-0.1, -0.05) is 142 Å². The molecule has 0 N–H and O–H groups in total. The molecular formula is C46H80O3. The molecule has 3 nitrogen and oxygen atoms in total. The van der Waals surface area contributed by atoms with Gasteiger partial charge in [-0.3, -0.25) is 0 Å². The highest BCUT2D eigenvalue weighted by Crippen LogP contribution is 2.67. The summed E-state index contributed by atoms with van der Waals surface area (Å²) in [6, 6.07) is 0. The standard InChI is InChI=1S/C46H80O3/c1-7-8-9-10-11-12-13-14-15-16-17-18-19-20-21-22-34-48-44(47)49-39-30-32-45(5)38(35-39)26-27-40-42-29-28-41(37(4)25-23-24-36(2)3)46(42,6)33-31-43(40)45/h14-15,26,36-37,39-43H,7-13,16-25,27-35H2,1-6H3/b15-14-/t37-,39?,40+,41-,42+,43+,45+,46-/m1/s1. The molecule has 0 heterocycles. The fourth-order valence-corrected chi connectivity index (χ4v) is 11.4. The van der Waals surface area contributed by atoms with E-state index in [1.807, 2.05) is 0 Å². The van der Waals surface area contributed by atoms with Crippen molar-refractivity contribution in [3.63, 3.8) is 0 Å². The van der Waals surface area contributed by atoms with Gasteiger partial charge in [0.2, 0.25) is 0 Å². The normalized spacial score (nSPS) is 31.7. The molecule has 8 atom stereocenters. The molecule has 0 spiro atoms. The predicted molar refractivity (Wildman–Crippen MR) is 209 cm³/mol. The Labute approximate surface area is 304 Å². The fourth-order valence-electron chi connectivity index (χ4n) is 11.4. The molecule has 0 aromatic rings. The molecule has 3 fully saturated rings. The van der Waals surface area contributed by atoms with Crippen LogP contribution < -0.4 is 0 Å². The highest BCUT2D eigenvalue weighted by Gasteiger charge is 2.59. The van der Waals surface area contributed by atoms with E-state index in [-0.39, 0.29) is 6.10 Å². The van der Waals surface area contributed by atoms with E-state index >= 15 is 0 Å². The molecule has 4 aliphatic carbocycles. The van der Waals surface area contributed by atoms with Crippen LogP contribution in [0.2, 0.25) is 0 Å². The van der Waals surface area contributed by atoms with Crippen LogP contribution in [0.5, 0.6) is 0 Å². The fraction of sp³-hybridized carbons (Fsp3) is 0.891. The Hall–Kier alpha value is -1.25. The summed E-state index contributed by atoms with van der Waals surface area (Å²) in [5.41, 5.74) is 2.42. The van der Waals surface area contributed by atoms with Gasteiger partial charge in [0.25, 0.3) is 0 Å². The second-order valence-electron chi connectivity index (χ2n) is 18.3. The Morgan fingerprint density at radius 3 is 2.16 bits per heavy atom. The van der Waals surface area contributed by atoms with Gasteiger partial charge in [-0.2, -0.15) is 0 Å². The van der Waals surface area contributed by atoms with Gasteiger partial charge in [0.05, 0.1) is 6.61 Å². The Morgan fingerprint density at radius 1 is 0.796 bits per heavy atom. The van der Waals surface area contributed by atoms with E-state index in [1.165, 1.54) is 128 Å². The first-order valence-electron chi connectivity index (χ1n) is 21.9. The lowest BCUT2D eigenvalue weighted by Crippen LogP contribution is -2.51. The summed E-state index contributed by atoms with van der Waals surface area (Å²) in [6.45, 7) is 15.4. The molecule has 0 radical (unpaired) electrons. The quantitative estimate of drug-likeness (QED) is 0.0648. The third-order valence-corrected chi connectivity index (χ3v) is 14.4. The van der Waals surface area contributed by atoms with Crippen LogP contribution in [0.15, 0.2) is 23.8 Å². The molecule has 0 amide bonds. The minimum Gasteiger partial charge on any atom is -0.434 e. The van der Waals surface area contributed by atoms with Crippen LogP contribution in [0.1, 0.15) is 202 Å². The molecule has 282 valence electrons. The summed E-state index contributed by atoms with van der Waals surface area (Å²) in [4.78, 5) is 12.6. The van der Waals surface area contributed by atoms with E-state index in [0.717, 1.165) is 67.6 Å². The summed E-state index contributed by atoms with van der Waals surface area (Å²) in [6.07, 6.45) is 39.2. The molecule has 49 heavy (non-hydrogen) atoms. The lowest BCUT2D eigenvalue weighted by molar-refractivity contribution is -0.0617. The Balaban J connectivity index is 1.08. The molecule has 0 aromatic carbocycles. The number of carbonyl (C=O) groups excluding carboxylic acids is 1. The molecule has 3 heteroatoms. The third kappa shape index (κ3) is 11.6. The number of unbranched alkanes of at least 4 members (excludes halogenated alkanes) is 12. The number of hydrogen-bond donors (Lipinski definition) is 0. The van der Waals surface area contributed by atoms with E-state index in [4.69, 9.17) is 9.47 Å². The first-order valence-corrected chi connectivity index (χ1v) is 21.9. The summed E-state index contributed by atoms with van der Waals surface area (Å²) < 4.78 is 11.5. The van der Waals surface area contributed by atoms with Crippen LogP contribution >= 0.6 is 0 Å². The molecule has 0 bridgehead atoms. The molecule has 0 aromatic heterocycles. The molecular weight excluding hydrogens is 601 g/mol. The van der Waals surface area contributed by atoms with Gasteiger partial charge in [0, 0.05) is 6.42 Å². The molecule has 1 unspecified atom stereocenters. The number of ether oxygens (including phenoxy) is 2. The van der Waals surface area contributed by atoms with Crippen molar-refractivity contribution in [3.05, 3.63) is 23.8 Å². The van der Waals surface area contributed by atoms with Gasteiger partial charge in [0.15, 0.2) is 0 Å². The van der Waals surface area contributed by atoms with Crippen molar-refractivity contribution in [1.82, 2.24) is 0 Å². The largest absolute Gasteiger partial charge is 0.508 e. The summed E-state index contributed by atoms with van der Waals surface area (Å²) in [5, 5.41) is 0. The SMILES string of the molecule is CCCCCCCC/C=C\CCCCCCCCOC(=O)OC1CC[C@@]2(C)C(=CC[C@H]3[C@@H]4CC[C@H]([C@H](C)CCCC(C)C)[C@@]4(C)CC[C@@H]32)C1. The van der Waals surface area contributed by atoms with Crippen molar-refractivity contribution < 1.29 is 14.3 Å². The second-order valence-corrected chi connectivity index (χ2v) is 18.3. The van der Waals surface area contributed by atoms with Gasteiger partial charge in [-0.25, -0.2) is 4.79 Å². The van der Waals surface area contributed by atoms with Crippen molar-refractivity contribution in [2.45, 2.75) is 208 Å². The minimum absolute atomic E-state index is 0.0142. The van der Waals surface area contributed by atoms with Crippen LogP contribution in [0, 0.1) is 46.3 Å². The molecule has 0 saturated heterocycles. The molecule has 0 aliphatic heterocycles. The minimum atomic E-state index is -0.441. The van der Waals surface area contributed by atoms with Gasteiger partial charge in [-0.15, -0.1) is 0 Å². The molecule has 4 aliphatic rings. The maximum absolute atomic E-state index is 12.6. The zero-order valence-electron chi connectivity index (χ0n) is 33.4. The highest BCUT2D eigenvalue weighted by molar-refractivity contribution is 5.60. The zero-order valence-corrected chi connectivity index (χ0v) is 33.4. The van der Waals surface area contributed by atoms with Gasteiger partial charge in [-0.05, 0) is 123 Å². The Kier molecular flexibility index (Phi) is 17.1. The van der Waals surface area contributed by atoms with E-state index in [2.05, 4.69) is 59.8 Å². The summed E-state index contributed by atoms with van der Waals surface area (Å²) in [7, 11) is 0. The molecule has 4 rings (SSSR count).